The van der Waals surface area contributed by atoms with E-state index in [9.17, 15) is 0 Å². The van der Waals surface area contributed by atoms with Gasteiger partial charge in [0, 0.05) is 17.0 Å². The van der Waals surface area contributed by atoms with E-state index >= 15 is 0 Å². The normalized spacial score (nSPS) is 11.1. The summed E-state index contributed by atoms with van der Waals surface area (Å²) in [4.78, 5) is 6.90. The van der Waals surface area contributed by atoms with E-state index in [-0.39, 0.29) is 0 Å². The van der Waals surface area contributed by atoms with E-state index in [2.05, 4.69) is 29.1 Å². The minimum atomic E-state index is 0.580. The topological polar surface area (TPSA) is 30.2 Å². The molecule has 0 saturated heterocycles. The minimum Gasteiger partial charge on any atom is -0.228 e. The predicted octanol–water partition coefficient (Wildman–Crippen LogP) is 3.42. The Hall–Kier alpha value is -1.39. The quantitative estimate of drug-likeness (QED) is 0.619. The van der Waals surface area contributed by atoms with Gasteiger partial charge >= 0.3 is 0 Å². The summed E-state index contributed by atoms with van der Waals surface area (Å²) in [6, 6.07) is 7.82. The fourth-order valence-corrected chi connectivity index (χ4v) is 2.64. The molecule has 0 unspecified atom stereocenters. The number of nitrogens with zero attached hydrogens (tertiary/aromatic N) is 3. The summed E-state index contributed by atoms with van der Waals surface area (Å²) in [5.41, 5.74) is 1.67. The van der Waals surface area contributed by atoms with Gasteiger partial charge in [-0.15, -0.1) is 11.3 Å². The number of hydrogen-bond acceptors (Lipinski definition) is 3. The van der Waals surface area contributed by atoms with Crippen LogP contribution in [-0.4, -0.2) is 14.6 Å². The molecule has 0 aliphatic carbocycles. The molecule has 3 nitrogen and oxygen atoms in total. The zero-order chi connectivity index (χ0) is 11.1. The SMILES string of the molecule is Cc1ccc(-c2cc(Cl)n3nccc3n2)s1. The van der Waals surface area contributed by atoms with E-state index in [1.807, 2.05) is 12.1 Å². The highest BCUT2D eigenvalue weighted by Crippen LogP contribution is 2.28. The van der Waals surface area contributed by atoms with Crippen LogP contribution >= 0.6 is 22.9 Å². The van der Waals surface area contributed by atoms with Gasteiger partial charge in [0.1, 0.15) is 5.15 Å². The third-order valence-electron chi connectivity index (χ3n) is 2.31. The van der Waals surface area contributed by atoms with Gasteiger partial charge in [0.15, 0.2) is 5.65 Å². The second-order valence-electron chi connectivity index (χ2n) is 3.48. The van der Waals surface area contributed by atoms with Gasteiger partial charge in [-0.1, -0.05) is 11.6 Å². The Morgan fingerprint density at radius 3 is 2.94 bits per heavy atom. The largest absolute Gasteiger partial charge is 0.228 e. The summed E-state index contributed by atoms with van der Waals surface area (Å²) >= 11 is 7.84. The van der Waals surface area contributed by atoms with Crippen molar-refractivity contribution in [1.82, 2.24) is 14.6 Å². The fourth-order valence-electron chi connectivity index (χ4n) is 1.57. The van der Waals surface area contributed by atoms with Crippen molar-refractivity contribution < 1.29 is 0 Å². The molecule has 5 heteroatoms. The number of fused-ring (bicyclic) bond motifs is 1. The van der Waals surface area contributed by atoms with Gasteiger partial charge < -0.3 is 0 Å². The van der Waals surface area contributed by atoms with Crippen molar-refractivity contribution >= 4 is 28.6 Å². The Balaban J connectivity index is 2.24. The summed E-state index contributed by atoms with van der Waals surface area (Å²) in [6.07, 6.45) is 1.69. The van der Waals surface area contributed by atoms with Gasteiger partial charge in [-0.25, -0.2) is 9.50 Å². The van der Waals surface area contributed by atoms with Crippen LogP contribution in [0.5, 0.6) is 0 Å². The van der Waals surface area contributed by atoms with Gasteiger partial charge in [-0.3, -0.25) is 0 Å². The maximum Gasteiger partial charge on any atom is 0.157 e. The first-order valence-corrected chi connectivity index (χ1v) is 6.00. The zero-order valence-electron chi connectivity index (χ0n) is 8.51. The molecule has 0 radical (unpaired) electrons. The second kappa shape index (κ2) is 3.57. The molecule has 3 aromatic heterocycles. The number of aryl methyl sites for hydroxylation is 1. The van der Waals surface area contributed by atoms with E-state index in [1.54, 1.807) is 22.0 Å². The van der Waals surface area contributed by atoms with Gasteiger partial charge in [0.05, 0.1) is 16.8 Å². The molecular weight excluding hydrogens is 242 g/mol. The van der Waals surface area contributed by atoms with E-state index in [1.165, 1.54) is 4.88 Å². The number of hydrogen-bond donors (Lipinski definition) is 0. The molecule has 0 N–H and O–H groups in total. The van der Waals surface area contributed by atoms with E-state index in [0.29, 0.717) is 5.15 Å². The molecule has 80 valence electrons. The molecule has 0 saturated carbocycles. The van der Waals surface area contributed by atoms with Crippen LogP contribution in [0, 0.1) is 6.92 Å². The molecule has 3 heterocycles. The van der Waals surface area contributed by atoms with Crippen molar-refractivity contribution in [2.24, 2.45) is 0 Å². The highest BCUT2D eigenvalue weighted by atomic mass is 35.5. The molecule has 0 fully saturated rings. The van der Waals surface area contributed by atoms with Crippen LogP contribution in [0.1, 0.15) is 4.88 Å². The molecule has 0 atom stereocenters. The van der Waals surface area contributed by atoms with E-state index < -0.39 is 0 Å². The molecule has 0 spiro atoms. The lowest BCUT2D eigenvalue weighted by Crippen LogP contribution is -1.93. The highest BCUT2D eigenvalue weighted by Gasteiger charge is 2.07. The van der Waals surface area contributed by atoms with Crippen LogP contribution in [0.2, 0.25) is 5.15 Å². The average Bonchev–Trinajstić information content (AvgIpc) is 2.85. The summed E-state index contributed by atoms with van der Waals surface area (Å²) < 4.78 is 1.62. The third-order valence-corrected chi connectivity index (χ3v) is 3.60. The van der Waals surface area contributed by atoms with Crippen LogP contribution in [0.3, 0.4) is 0 Å². The van der Waals surface area contributed by atoms with E-state index in [0.717, 1.165) is 16.2 Å². The van der Waals surface area contributed by atoms with Crippen molar-refractivity contribution in [3.8, 4) is 10.6 Å². The number of halogens is 1. The summed E-state index contributed by atoms with van der Waals surface area (Å²) in [6.45, 7) is 2.08. The van der Waals surface area contributed by atoms with Crippen LogP contribution in [-0.2, 0) is 0 Å². The second-order valence-corrected chi connectivity index (χ2v) is 5.15. The van der Waals surface area contributed by atoms with Crippen LogP contribution < -0.4 is 0 Å². The van der Waals surface area contributed by atoms with Gasteiger partial charge in [-0.2, -0.15) is 5.10 Å². The van der Waals surface area contributed by atoms with Gasteiger partial charge in [-0.05, 0) is 19.1 Å². The van der Waals surface area contributed by atoms with E-state index in [4.69, 9.17) is 11.6 Å². The first kappa shape index (κ1) is 9.81. The maximum absolute atomic E-state index is 6.13. The van der Waals surface area contributed by atoms with Gasteiger partial charge in [0.25, 0.3) is 0 Å². The minimum absolute atomic E-state index is 0.580. The Bertz CT molecular complexity index is 656. The Kier molecular flexibility index (Phi) is 2.19. The molecule has 0 aromatic carbocycles. The van der Waals surface area contributed by atoms with Crippen LogP contribution in [0.4, 0.5) is 0 Å². The molecule has 3 aromatic rings. The first-order chi connectivity index (χ1) is 7.74. The van der Waals surface area contributed by atoms with Crippen molar-refractivity contribution in [1.29, 1.82) is 0 Å². The Morgan fingerprint density at radius 2 is 2.19 bits per heavy atom. The summed E-state index contributed by atoms with van der Waals surface area (Å²) in [7, 11) is 0. The lowest BCUT2D eigenvalue weighted by atomic mass is 10.3. The summed E-state index contributed by atoms with van der Waals surface area (Å²) in [5, 5.41) is 4.66. The van der Waals surface area contributed by atoms with Crippen molar-refractivity contribution in [3.05, 3.63) is 40.5 Å². The standard InChI is InChI=1S/C11H8ClN3S/c1-7-2-3-9(16-7)8-6-10(12)15-11(14-8)4-5-13-15/h2-6H,1H3. The number of aromatic nitrogens is 3. The monoisotopic (exact) mass is 249 g/mol. The smallest absolute Gasteiger partial charge is 0.157 e. The average molecular weight is 250 g/mol. The van der Waals surface area contributed by atoms with Crippen molar-refractivity contribution in [2.45, 2.75) is 6.92 Å². The molecule has 0 bridgehead atoms. The molecule has 0 amide bonds. The number of rotatable bonds is 1. The Labute approximate surface area is 101 Å². The maximum atomic E-state index is 6.13. The van der Waals surface area contributed by atoms with Crippen molar-refractivity contribution in [2.75, 3.05) is 0 Å². The van der Waals surface area contributed by atoms with Crippen LogP contribution in [0.25, 0.3) is 16.2 Å². The fraction of sp³-hybridized carbons (Fsp3) is 0.0909. The number of thiophene rings is 1. The highest BCUT2D eigenvalue weighted by molar-refractivity contribution is 7.15. The molecule has 16 heavy (non-hydrogen) atoms. The Morgan fingerprint density at radius 1 is 1.31 bits per heavy atom. The zero-order valence-corrected chi connectivity index (χ0v) is 10.1. The molecule has 0 aliphatic rings. The molecular formula is C11H8ClN3S. The molecule has 3 rings (SSSR count). The lowest BCUT2D eigenvalue weighted by molar-refractivity contribution is 0.942. The van der Waals surface area contributed by atoms with Crippen LogP contribution in [0.15, 0.2) is 30.5 Å². The van der Waals surface area contributed by atoms with Crippen molar-refractivity contribution in [3.63, 3.8) is 0 Å². The summed E-state index contributed by atoms with van der Waals surface area (Å²) in [5.74, 6) is 0. The van der Waals surface area contributed by atoms with Gasteiger partial charge in [0.2, 0.25) is 0 Å². The first-order valence-electron chi connectivity index (χ1n) is 4.81. The third kappa shape index (κ3) is 1.50. The predicted molar refractivity (Wildman–Crippen MR) is 66.0 cm³/mol. The lowest BCUT2D eigenvalue weighted by Gasteiger charge is -2.00. The molecule has 0 aliphatic heterocycles.